The summed E-state index contributed by atoms with van der Waals surface area (Å²) in [6.45, 7) is 5.70. The highest BCUT2D eigenvalue weighted by atomic mass is 16.6. The minimum absolute atomic E-state index is 0.0845. The molecule has 0 amide bonds. The Labute approximate surface area is 92.8 Å². The van der Waals surface area contributed by atoms with Gasteiger partial charge in [-0.3, -0.25) is 10.1 Å². The summed E-state index contributed by atoms with van der Waals surface area (Å²) in [5.41, 5.74) is 5.02. The summed E-state index contributed by atoms with van der Waals surface area (Å²) in [5.74, 6) is -0.0551. The fourth-order valence-corrected chi connectivity index (χ4v) is 0.945. The van der Waals surface area contributed by atoms with Crippen molar-refractivity contribution < 1.29 is 9.66 Å². The lowest BCUT2D eigenvalue weighted by molar-refractivity contribution is -0.385. The lowest BCUT2D eigenvalue weighted by Crippen LogP contribution is -2.20. The van der Waals surface area contributed by atoms with E-state index in [1.165, 1.54) is 0 Å². The van der Waals surface area contributed by atoms with Crippen molar-refractivity contribution in [2.75, 3.05) is 5.73 Å². The van der Waals surface area contributed by atoms with Crippen LogP contribution in [-0.4, -0.2) is 21.0 Å². The van der Waals surface area contributed by atoms with Gasteiger partial charge in [0.1, 0.15) is 12.4 Å². The molecule has 1 unspecified atom stereocenters. The maximum Gasteiger partial charge on any atom is 0.372 e. The SMILES string of the molecule is CC(C)C(C)Oc1ncnc(N)c1[N+](=O)[O-]. The Morgan fingerprint density at radius 3 is 2.56 bits per heavy atom. The quantitative estimate of drug-likeness (QED) is 0.614. The van der Waals surface area contributed by atoms with E-state index in [-0.39, 0.29) is 29.4 Å². The molecule has 0 spiro atoms. The number of nitro groups is 1. The van der Waals surface area contributed by atoms with Gasteiger partial charge in [0, 0.05) is 0 Å². The van der Waals surface area contributed by atoms with Crippen molar-refractivity contribution in [1.29, 1.82) is 0 Å². The predicted molar refractivity (Wildman–Crippen MR) is 58.0 cm³/mol. The van der Waals surface area contributed by atoms with Gasteiger partial charge in [-0.25, -0.2) is 4.98 Å². The highest BCUT2D eigenvalue weighted by molar-refractivity contribution is 5.57. The van der Waals surface area contributed by atoms with Gasteiger partial charge in [-0.05, 0) is 12.8 Å². The van der Waals surface area contributed by atoms with Gasteiger partial charge in [0.15, 0.2) is 0 Å². The van der Waals surface area contributed by atoms with Gasteiger partial charge in [-0.1, -0.05) is 13.8 Å². The van der Waals surface area contributed by atoms with Gasteiger partial charge in [0.05, 0.1) is 4.92 Å². The highest BCUT2D eigenvalue weighted by Gasteiger charge is 2.24. The number of nitrogens with two attached hydrogens (primary N) is 1. The lowest BCUT2D eigenvalue weighted by Gasteiger charge is -2.16. The molecule has 0 aliphatic carbocycles. The van der Waals surface area contributed by atoms with Gasteiger partial charge < -0.3 is 10.5 Å². The molecule has 0 saturated carbocycles. The third-order valence-corrected chi connectivity index (χ3v) is 2.24. The molecule has 0 aliphatic heterocycles. The standard InChI is InChI=1S/C9H14N4O3/c1-5(2)6(3)16-9-7(13(14)15)8(10)11-4-12-9/h4-6H,1-3H3,(H2,10,11,12). The molecule has 0 aromatic carbocycles. The van der Waals surface area contributed by atoms with Crippen LogP contribution in [0.4, 0.5) is 11.5 Å². The van der Waals surface area contributed by atoms with E-state index in [1.807, 2.05) is 20.8 Å². The van der Waals surface area contributed by atoms with Crippen LogP contribution in [0.1, 0.15) is 20.8 Å². The second-order valence-corrected chi connectivity index (χ2v) is 3.74. The van der Waals surface area contributed by atoms with E-state index in [9.17, 15) is 10.1 Å². The highest BCUT2D eigenvalue weighted by Crippen LogP contribution is 2.29. The maximum absolute atomic E-state index is 10.8. The molecule has 1 heterocycles. The zero-order chi connectivity index (χ0) is 12.3. The van der Waals surface area contributed by atoms with Crippen LogP contribution in [0.25, 0.3) is 0 Å². The van der Waals surface area contributed by atoms with Crippen molar-refractivity contribution in [1.82, 2.24) is 9.97 Å². The zero-order valence-electron chi connectivity index (χ0n) is 9.38. The first-order valence-electron chi connectivity index (χ1n) is 4.85. The molecule has 1 aromatic rings. The van der Waals surface area contributed by atoms with Crippen LogP contribution in [-0.2, 0) is 0 Å². The average Bonchev–Trinajstić information content (AvgIpc) is 2.16. The number of rotatable bonds is 4. The van der Waals surface area contributed by atoms with Gasteiger partial charge in [-0.2, -0.15) is 4.98 Å². The number of hydrogen-bond acceptors (Lipinski definition) is 6. The second kappa shape index (κ2) is 4.73. The third-order valence-electron chi connectivity index (χ3n) is 2.24. The molecule has 7 heteroatoms. The van der Waals surface area contributed by atoms with Gasteiger partial charge >= 0.3 is 5.69 Å². The first kappa shape index (κ1) is 12.2. The molecule has 0 radical (unpaired) electrons. The predicted octanol–water partition coefficient (Wildman–Crippen LogP) is 1.39. The van der Waals surface area contributed by atoms with Crippen molar-refractivity contribution in [2.45, 2.75) is 26.9 Å². The number of aromatic nitrogens is 2. The largest absolute Gasteiger partial charge is 0.469 e. The number of ether oxygens (including phenoxy) is 1. The van der Waals surface area contributed by atoms with E-state index in [0.29, 0.717) is 0 Å². The van der Waals surface area contributed by atoms with Crippen molar-refractivity contribution in [2.24, 2.45) is 5.92 Å². The Morgan fingerprint density at radius 1 is 1.44 bits per heavy atom. The van der Waals surface area contributed by atoms with Crippen molar-refractivity contribution >= 4 is 11.5 Å². The van der Waals surface area contributed by atoms with Crippen LogP contribution < -0.4 is 10.5 Å². The Morgan fingerprint density at radius 2 is 2.06 bits per heavy atom. The molecule has 0 saturated heterocycles. The molecule has 0 fully saturated rings. The Kier molecular flexibility index (Phi) is 3.60. The molecular formula is C9H14N4O3. The Balaban J connectivity index is 3.04. The zero-order valence-corrected chi connectivity index (χ0v) is 9.38. The molecule has 1 aromatic heterocycles. The smallest absolute Gasteiger partial charge is 0.372 e. The van der Waals surface area contributed by atoms with Crippen LogP contribution in [0.5, 0.6) is 5.88 Å². The van der Waals surface area contributed by atoms with E-state index < -0.39 is 4.92 Å². The second-order valence-electron chi connectivity index (χ2n) is 3.74. The van der Waals surface area contributed by atoms with Crippen molar-refractivity contribution in [3.63, 3.8) is 0 Å². The topological polar surface area (TPSA) is 104 Å². The minimum Gasteiger partial charge on any atom is -0.469 e. The van der Waals surface area contributed by atoms with E-state index in [1.54, 1.807) is 0 Å². The number of nitrogen functional groups attached to an aromatic ring is 1. The average molecular weight is 226 g/mol. The summed E-state index contributed by atoms with van der Waals surface area (Å²) in [5, 5.41) is 10.8. The molecule has 1 rings (SSSR count). The molecule has 7 nitrogen and oxygen atoms in total. The summed E-state index contributed by atoms with van der Waals surface area (Å²) >= 11 is 0. The van der Waals surface area contributed by atoms with Crippen LogP contribution >= 0.6 is 0 Å². The van der Waals surface area contributed by atoms with Crippen LogP contribution in [0.15, 0.2) is 6.33 Å². The Hall–Kier alpha value is -1.92. The number of nitrogens with zero attached hydrogens (tertiary/aromatic N) is 3. The summed E-state index contributed by atoms with van der Waals surface area (Å²) in [6, 6.07) is 0. The first-order chi connectivity index (χ1) is 7.43. The van der Waals surface area contributed by atoms with Crippen molar-refractivity contribution in [3.05, 3.63) is 16.4 Å². The number of hydrogen-bond donors (Lipinski definition) is 1. The number of anilines is 1. The molecule has 1 atom stereocenters. The molecular weight excluding hydrogens is 212 g/mol. The fraction of sp³-hybridized carbons (Fsp3) is 0.556. The Bertz CT molecular complexity index is 394. The summed E-state index contributed by atoms with van der Waals surface area (Å²) in [7, 11) is 0. The summed E-state index contributed by atoms with van der Waals surface area (Å²) < 4.78 is 5.38. The lowest BCUT2D eigenvalue weighted by atomic mass is 10.1. The van der Waals surface area contributed by atoms with Gasteiger partial charge in [0.25, 0.3) is 5.88 Å². The maximum atomic E-state index is 10.8. The molecule has 2 N–H and O–H groups in total. The molecule has 88 valence electrons. The van der Waals surface area contributed by atoms with Crippen LogP contribution in [0.2, 0.25) is 0 Å². The van der Waals surface area contributed by atoms with E-state index in [4.69, 9.17) is 10.5 Å². The molecule has 0 aliphatic rings. The first-order valence-corrected chi connectivity index (χ1v) is 4.85. The third kappa shape index (κ3) is 2.56. The summed E-state index contributed by atoms with van der Waals surface area (Å²) in [4.78, 5) is 17.4. The van der Waals surface area contributed by atoms with Crippen LogP contribution in [0, 0.1) is 16.0 Å². The molecule has 16 heavy (non-hydrogen) atoms. The molecule has 0 bridgehead atoms. The normalized spacial score (nSPS) is 12.5. The van der Waals surface area contributed by atoms with E-state index in [2.05, 4.69) is 9.97 Å². The van der Waals surface area contributed by atoms with Crippen molar-refractivity contribution in [3.8, 4) is 5.88 Å². The van der Waals surface area contributed by atoms with Crippen LogP contribution in [0.3, 0.4) is 0 Å². The van der Waals surface area contributed by atoms with E-state index >= 15 is 0 Å². The van der Waals surface area contributed by atoms with Gasteiger partial charge in [0.2, 0.25) is 5.82 Å². The minimum atomic E-state index is -0.641. The van der Waals surface area contributed by atoms with Gasteiger partial charge in [-0.15, -0.1) is 0 Å². The monoisotopic (exact) mass is 226 g/mol. The summed E-state index contributed by atoms with van der Waals surface area (Å²) in [6.07, 6.45) is 0.957. The van der Waals surface area contributed by atoms with E-state index in [0.717, 1.165) is 6.33 Å². The fourth-order valence-electron chi connectivity index (χ4n) is 0.945.